The zero-order chi connectivity index (χ0) is 17.6. The molecule has 1 aliphatic heterocycles. The summed E-state index contributed by atoms with van der Waals surface area (Å²) in [6, 6.07) is 3.44. The van der Waals surface area contributed by atoms with Crippen molar-refractivity contribution in [3.63, 3.8) is 0 Å². The molecule has 0 radical (unpaired) electrons. The monoisotopic (exact) mass is 344 g/mol. The lowest BCUT2D eigenvalue weighted by atomic mass is 10.2. The molecule has 1 amide bonds. The lowest BCUT2D eigenvalue weighted by Crippen LogP contribution is -2.53. The number of carbonyl (C=O) groups is 1. The molecule has 2 aromatic heterocycles. The molecule has 0 unspecified atom stereocenters. The highest BCUT2D eigenvalue weighted by atomic mass is 16.3. The summed E-state index contributed by atoms with van der Waals surface area (Å²) in [5, 5.41) is 7.56. The van der Waals surface area contributed by atoms with Gasteiger partial charge in [-0.15, -0.1) is 0 Å². The Morgan fingerprint density at radius 1 is 1.32 bits per heavy atom. The van der Waals surface area contributed by atoms with E-state index >= 15 is 0 Å². The summed E-state index contributed by atoms with van der Waals surface area (Å²) in [7, 11) is 3.70. The number of piperazine rings is 1. The topological polar surface area (TPSA) is 78.9 Å². The van der Waals surface area contributed by atoms with Gasteiger partial charge in [0.25, 0.3) is 5.91 Å². The minimum atomic E-state index is -0.0517. The van der Waals surface area contributed by atoms with Gasteiger partial charge in [-0.05, 0) is 24.1 Å². The minimum Gasteiger partial charge on any atom is -0.459 e. The summed E-state index contributed by atoms with van der Waals surface area (Å²) in [6.07, 6.45) is 6.31. The van der Waals surface area contributed by atoms with Crippen molar-refractivity contribution < 1.29 is 9.21 Å². The molecular formula is C17H24N6O2. The number of amides is 1. The average Bonchev–Trinajstić information content (AvgIpc) is 3.30. The first kappa shape index (κ1) is 17.1. The lowest BCUT2D eigenvalue weighted by molar-refractivity contribution is 0.0658. The van der Waals surface area contributed by atoms with Crippen molar-refractivity contribution in [3.05, 3.63) is 42.1 Å². The molecule has 25 heavy (non-hydrogen) atoms. The third kappa shape index (κ3) is 4.20. The smallest absolute Gasteiger partial charge is 0.289 e. The van der Waals surface area contributed by atoms with Gasteiger partial charge < -0.3 is 19.5 Å². The third-order valence-electron chi connectivity index (χ3n) is 4.27. The van der Waals surface area contributed by atoms with Crippen LogP contribution in [0.3, 0.4) is 0 Å². The largest absolute Gasteiger partial charge is 0.459 e. The summed E-state index contributed by atoms with van der Waals surface area (Å²) in [6.45, 7) is 3.60. The Balaban J connectivity index is 1.46. The van der Waals surface area contributed by atoms with Gasteiger partial charge in [-0.25, -0.2) is 0 Å². The number of hydrogen-bond acceptors (Lipinski definition) is 4. The lowest BCUT2D eigenvalue weighted by Gasteiger charge is -2.36. The number of aromatic nitrogens is 2. The van der Waals surface area contributed by atoms with E-state index in [9.17, 15) is 4.79 Å². The summed E-state index contributed by atoms with van der Waals surface area (Å²) in [5.74, 6) is 1.21. The van der Waals surface area contributed by atoms with E-state index < -0.39 is 0 Å². The Labute approximate surface area is 147 Å². The molecule has 2 aromatic rings. The first-order chi connectivity index (χ1) is 12.2. The van der Waals surface area contributed by atoms with Crippen LogP contribution in [0.2, 0.25) is 0 Å². The molecule has 0 bridgehead atoms. The Bertz CT molecular complexity index is 713. The number of aliphatic imine (C=N–C) groups is 1. The number of hydrogen-bond donors (Lipinski definition) is 1. The standard InChI is InChI=1S/C17H24N6O2/c1-18-17(19-6-5-14-12-20-21(2)13-14)23-9-7-22(8-10-23)16(24)15-4-3-11-25-15/h3-4,11-13H,5-10H2,1-2H3,(H,18,19). The molecule has 0 spiro atoms. The molecule has 8 heteroatoms. The van der Waals surface area contributed by atoms with Crippen LogP contribution in [0.25, 0.3) is 0 Å². The first-order valence-corrected chi connectivity index (χ1v) is 8.43. The third-order valence-corrected chi connectivity index (χ3v) is 4.27. The van der Waals surface area contributed by atoms with Crippen LogP contribution in [-0.2, 0) is 13.5 Å². The van der Waals surface area contributed by atoms with Crippen molar-refractivity contribution in [2.24, 2.45) is 12.0 Å². The molecule has 0 aliphatic carbocycles. The number of aryl methyl sites for hydroxylation is 1. The van der Waals surface area contributed by atoms with Crippen LogP contribution < -0.4 is 5.32 Å². The fourth-order valence-electron chi connectivity index (χ4n) is 2.93. The van der Waals surface area contributed by atoms with Crippen LogP contribution in [0, 0.1) is 0 Å². The second kappa shape index (κ2) is 7.87. The summed E-state index contributed by atoms with van der Waals surface area (Å²) in [5.41, 5.74) is 1.19. The van der Waals surface area contributed by atoms with Crippen LogP contribution >= 0.6 is 0 Å². The van der Waals surface area contributed by atoms with Crippen LogP contribution in [-0.4, -0.2) is 71.2 Å². The van der Waals surface area contributed by atoms with Gasteiger partial charge in [-0.2, -0.15) is 5.10 Å². The zero-order valence-electron chi connectivity index (χ0n) is 14.7. The maximum absolute atomic E-state index is 12.3. The van der Waals surface area contributed by atoms with E-state index in [4.69, 9.17) is 4.42 Å². The molecule has 1 N–H and O–H groups in total. The molecule has 0 atom stereocenters. The summed E-state index contributed by atoms with van der Waals surface area (Å²) in [4.78, 5) is 20.6. The van der Waals surface area contributed by atoms with E-state index in [0.29, 0.717) is 18.8 Å². The maximum Gasteiger partial charge on any atom is 0.289 e. The van der Waals surface area contributed by atoms with E-state index in [1.54, 1.807) is 23.9 Å². The normalized spacial score (nSPS) is 15.5. The highest BCUT2D eigenvalue weighted by molar-refractivity contribution is 5.91. The fraction of sp³-hybridized carbons (Fsp3) is 0.471. The predicted molar refractivity (Wildman–Crippen MR) is 94.5 cm³/mol. The number of guanidine groups is 1. The highest BCUT2D eigenvalue weighted by Gasteiger charge is 2.24. The quantitative estimate of drug-likeness (QED) is 0.649. The van der Waals surface area contributed by atoms with E-state index in [2.05, 4.69) is 20.3 Å². The van der Waals surface area contributed by atoms with Gasteiger partial charge in [0, 0.05) is 53.0 Å². The second-order valence-corrected chi connectivity index (χ2v) is 6.00. The van der Waals surface area contributed by atoms with Gasteiger partial charge in [0.2, 0.25) is 0 Å². The van der Waals surface area contributed by atoms with E-state index in [1.807, 2.05) is 24.3 Å². The summed E-state index contributed by atoms with van der Waals surface area (Å²) >= 11 is 0. The molecule has 1 fully saturated rings. The predicted octanol–water partition coefficient (Wildman–Crippen LogP) is 0.589. The number of carbonyl (C=O) groups excluding carboxylic acids is 1. The maximum atomic E-state index is 12.3. The van der Waals surface area contributed by atoms with Crippen molar-refractivity contribution in [1.29, 1.82) is 0 Å². The van der Waals surface area contributed by atoms with Crippen molar-refractivity contribution in [2.45, 2.75) is 6.42 Å². The van der Waals surface area contributed by atoms with Gasteiger partial charge in [0.15, 0.2) is 11.7 Å². The first-order valence-electron chi connectivity index (χ1n) is 8.43. The molecule has 3 rings (SSSR count). The molecule has 8 nitrogen and oxygen atoms in total. The molecule has 134 valence electrons. The van der Waals surface area contributed by atoms with E-state index in [0.717, 1.165) is 32.0 Å². The zero-order valence-corrected chi connectivity index (χ0v) is 14.7. The molecular weight excluding hydrogens is 320 g/mol. The highest BCUT2D eigenvalue weighted by Crippen LogP contribution is 2.09. The van der Waals surface area contributed by atoms with E-state index in [-0.39, 0.29) is 5.91 Å². The fourth-order valence-corrected chi connectivity index (χ4v) is 2.93. The van der Waals surface area contributed by atoms with Gasteiger partial charge >= 0.3 is 0 Å². The van der Waals surface area contributed by atoms with Crippen molar-refractivity contribution in [3.8, 4) is 0 Å². The van der Waals surface area contributed by atoms with Crippen molar-refractivity contribution in [2.75, 3.05) is 39.8 Å². The summed E-state index contributed by atoms with van der Waals surface area (Å²) < 4.78 is 7.00. The van der Waals surface area contributed by atoms with Crippen LogP contribution in [0.5, 0.6) is 0 Å². The number of furan rings is 1. The van der Waals surface area contributed by atoms with Crippen LogP contribution in [0.1, 0.15) is 16.1 Å². The van der Waals surface area contributed by atoms with Gasteiger partial charge in [0.05, 0.1) is 12.5 Å². The molecule has 0 saturated carbocycles. The minimum absolute atomic E-state index is 0.0517. The second-order valence-electron chi connectivity index (χ2n) is 6.00. The van der Waals surface area contributed by atoms with Gasteiger partial charge in [-0.1, -0.05) is 0 Å². The average molecular weight is 344 g/mol. The Hall–Kier alpha value is -2.77. The van der Waals surface area contributed by atoms with Crippen LogP contribution in [0.4, 0.5) is 0 Å². The molecule has 0 aromatic carbocycles. The van der Waals surface area contributed by atoms with E-state index in [1.165, 1.54) is 11.8 Å². The van der Waals surface area contributed by atoms with Crippen LogP contribution in [0.15, 0.2) is 40.2 Å². The Morgan fingerprint density at radius 3 is 2.68 bits per heavy atom. The molecule has 3 heterocycles. The number of nitrogens with zero attached hydrogens (tertiary/aromatic N) is 5. The van der Waals surface area contributed by atoms with Gasteiger partial charge in [-0.3, -0.25) is 14.5 Å². The molecule has 1 saturated heterocycles. The SMILES string of the molecule is CN=C(NCCc1cnn(C)c1)N1CCN(C(=O)c2ccco2)CC1. The van der Waals surface area contributed by atoms with Crippen molar-refractivity contribution >= 4 is 11.9 Å². The Kier molecular flexibility index (Phi) is 5.37. The molecule has 1 aliphatic rings. The van der Waals surface area contributed by atoms with Gasteiger partial charge in [0.1, 0.15) is 0 Å². The Morgan fingerprint density at radius 2 is 2.08 bits per heavy atom. The number of rotatable bonds is 4. The number of nitrogens with one attached hydrogen (secondary N) is 1. The van der Waals surface area contributed by atoms with Crippen molar-refractivity contribution in [1.82, 2.24) is 24.9 Å².